The molecule has 0 aliphatic heterocycles. The Morgan fingerprint density at radius 1 is 1.33 bits per heavy atom. The smallest absolute Gasteiger partial charge is 0.150 e. The molecular formula is C6H12O2S. The van der Waals surface area contributed by atoms with Crippen LogP contribution in [0.3, 0.4) is 0 Å². The van der Waals surface area contributed by atoms with Crippen LogP contribution in [0.1, 0.15) is 19.8 Å². The summed E-state index contributed by atoms with van der Waals surface area (Å²) in [4.78, 5) is 0. The molecule has 0 amide bonds. The molecule has 1 aliphatic carbocycles. The SMILES string of the molecule is CS(=O)(=O)[C@H]1C[C@H](C)C1. The molecule has 2 nitrogen and oxygen atoms in total. The van der Waals surface area contributed by atoms with Gasteiger partial charge in [-0.1, -0.05) is 6.92 Å². The van der Waals surface area contributed by atoms with E-state index in [2.05, 4.69) is 6.92 Å². The molecule has 9 heavy (non-hydrogen) atoms. The van der Waals surface area contributed by atoms with Crippen molar-refractivity contribution in [1.82, 2.24) is 0 Å². The van der Waals surface area contributed by atoms with Crippen molar-refractivity contribution in [3.05, 3.63) is 0 Å². The Hall–Kier alpha value is -0.0500. The first kappa shape index (κ1) is 7.06. The summed E-state index contributed by atoms with van der Waals surface area (Å²) in [5.74, 6) is 0.629. The fourth-order valence-electron chi connectivity index (χ4n) is 1.18. The zero-order valence-electron chi connectivity index (χ0n) is 5.79. The van der Waals surface area contributed by atoms with Gasteiger partial charge in [0.15, 0.2) is 0 Å². The largest absolute Gasteiger partial charge is 0.229 e. The number of hydrogen-bond donors (Lipinski definition) is 0. The monoisotopic (exact) mass is 148 g/mol. The molecule has 0 radical (unpaired) electrons. The minimum atomic E-state index is -2.70. The van der Waals surface area contributed by atoms with Gasteiger partial charge in [-0.2, -0.15) is 0 Å². The van der Waals surface area contributed by atoms with Crippen LogP contribution in [0, 0.1) is 5.92 Å². The Balaban J connectivity index is 2.51. The molecule has 54 valence electrons. The van der Waals surface area contributed by atoms with Crippen LogP contribution < -0.4 is 0 Å². The Morgan fingerprint density at radius 3 is 1.89 bits per heavy atom. The van der Waals surface area contributed by atoms with Gasteiger partial charge in [0.25, 0.3) is 0 Å². The van der Waals surface area contributed by atoms with Crippen molar-refractivity contribution in [2.24, 2.45) is 5.92 Å². The molecule has 1 saturated carbocycles. The lowest BCUT2D eigenvalue weighted by molar-refractivity contribution is 0.345. The van der Waals surface area contributed by atoms with Crippen LogP contribution >= 0.6 is 0 Å². The van der Waals surface area contributed by atoms with E-state index in [9.17, 15) is 8.42 Å². The summed E-state index contributed by atoms with van der Waals surface area (Å²) in [6.07, 6.45) is 3.07. The van der Waals surface area contributed by atoms with Crippen molar-refractivity contribution in [2.45, 2.75) is 25.0 Å². The number of sulfone groups is 1. The lowest BCUT2D eigenvalue weighted by Crippen LogP contribution is -2.33. The van der Waals surface area contributed by atoms with Gasteiger partial charge in [-0.05, 0) is 18.8 Å². The van der Waals surface area contributed by atoms with E-state index < -0.39 is 9.84 Å². The second-order valence-electron chi connectivity index (χ2n) is 3.03. The first-order chi connectivity index (χ1) is 4.00. The zero-order chi connectivity index (χ0) is 7.07. The molecule has 0 saturated heterocycles. The highest BCUT2D eigenvalue weighted by Gasteiger charge is 2.32. The lowest BCUT2D eigenvalue weighted by Gasteiger charge is -2.30. The Morgan fingerprint density at radius 2 is 1.78 bits per heavy atom. The average Bonchev–Trinajstić information content (AvgIpc) is 1.55. The highest BCUT2D eigenvalue weighted by molar-refractivity contribution is 7.91. The number of rotatable bonds is 1. The van der Waals surface area contributed by atoms with E-state index in [4.69, 9.17) is 0 Å². The predicted octanol–water partition coefficient (Wildman–Crippen LogP) is 0.830. The van der Waals surface area contributed by atoms with Crippen molar-refractivity contribution < 1.29 is 8.42 Å². The summed E-state index contributed by atoms with van der Waals surface area (Å²) in [7, 11) is -2.70. The Kier molecular flexibility index (Phi) is 1.55. The maximum absolute atomic E-state index is 10.8. The lowest BCUT2D eigenvalue weighted by atomic mass is 9.87. The van der Waals surface area contributed by atoms with Crippen LogP contribution in [0.4, 0.5) is 0 Å². The molecule has 0 N–H and O–H groups in total. The van der Waals surface area contributed by atoms with E-state index >= 15 is 0 Å². The molecule has 0 atom stereocenters. The summed E-state index contributed by atoms with van der Waals surface area (Å²) in [5.41, 5.74) is 0. The van der Waals surface area contributed by atoms with Crippen molar-refractivity contribution in [2.75, 3.05) is 6.26 Å². The third-order valence-corrected chi connectivity index (χ3v) is 3.53. The van der Waals surface area contributed by atoms with Crippen LogP contribution in [-0.4, -0.2) is 19.9 Å². The van der Waals surface area contributed by atoms with Gasteiger partial charge < -0.3 is 0 Å². The fourth-order valence-corrected chi connectivity index (χ4v) is 2.53. The molecule has 1 aliphatic rings. The summed E-state index contributed by atoms with van der Waals surface area (Å²) in [5, 5.41) is -0.0208. The van der Waals surface area contributed by atoms with E-state index in [1.54, 1.807) is 0 Å². The third-order valence-electron chi connectivity index (χ3n) is 1.94. The van der Waals surface area contributed by atoms with Gasteiger partial charge in [0, 0.05) is 6.26 Å². The van der Waals surface area contributed by atoms with Crippen LogP contribution in [0.25, 0.3) is 0 Å². The van der Waals surface area contributed by atoms with E-state index in [0.717, 1.165) is 12.8 Å². The highest BCUT2D eigenvalue weighted by atomic mass is 32.2. The van der Waals surface area contributed by atoms with Gasteiger partial charge in [0.05, 0.1) is 5.25 Å². The standard InChI is InChI=1S/C6H12O2S/c1-5-3-6(4-5)9(2,7)8/h5-6H,3-4H2,1-2H3/t5-,6-. The van der Waals surface area contributed by atoms with Crippen molar-refractivity contribution in [3.8, 4) is 0 Å². The fraction of sp³-hybridized carbons (Fsp3) is 1.00. The van der Waals surface area contributed by atoms with Crippen molar-refractivity contribution in [1.29, 1.82) is 0 Å². The summed E-state index contributed by atoms with van der Waals surface area (Å²) >= 11 is 0. The molecule has 0 heterocycles. The minimum Gasteiger partial charge on any atom is -0.229 e. The molecule has 1 fully saturated rings. The topological polar surface area (TPSA) is 34.1 Å². The van der Waals surface area contributed by atoms with Crippen LogP contribution in [0.2, 0.25) is 0 Å². The van der Waals surface area contributed by atoms with E-state index in [-0.39, 0.29) is 5.25 Å². The minimum absolute atomic E-state index is 0.0208. The molecule has 0 aromatic rings. The predicted molar refractivity (Wildman–Crippen MR) is 37.0 cm³/mol. The van der Waals surface area contributed by atoms with Gasteiger partial charge in [-0.15, -0.1) is 0 Å². The van der Waals surface area contributed by atoms with Gasteiger partial charge in [-0.3, -0.25) is 0 Å². The van der Waals surface area contributed by atoms with Crippen LogP contribution in [-0.2, 0) is 9.84 Å². The second kappa shape index (κ2) is 1.97. The molecule has 0 bridgehead atoms. The first-order valence-corrected chi connectivity index (χ1v) is 5.14. The molecule has 0 spiro atoms. The van der Waals surface area contributed by atoms with Crippen LogP contribution in [0.15, 0.2) is 0 Å². The maximum atomic E-state index is 10.8. The van der Waals surface area contributed by atoms with E-state index in [0.29, 0.717) is 5.92 Å². The molecule has 0 unspecified atom stereocenters. The second-order valence-corrected chi connectivity index (χ2v) is 5.35. The highest BCUT2D eigenvalue weighted by Crippen LogP contribution is 2.31. The summed E-state index contributed by atoms with van der Waals surface area (Å²) < 4.78 is 21.5. The molecule has 0 aromatic heterocycles. The normalized spacial score (nSPS) is 35.8. The van der Waals surface area contributed by atoms with Gasteiger partial charge >= 0.3 is 0 Å². The maximum Gasteiger partial charge on any atom is 0.150 e. The Labute approximate surface area is 56.2 Å². The molecule has 3 heteroatoms. The van der Waals surface area contributed by atoms with Crippen LogP contribution in [0.5, 0.6) is 0 Å². The van der Waals surface area contributed by atoms with Gasteiger partial charge in [0.2, 0.25) is 0 Å². The van der Waals surface area contributed by atoms with Crippen molar-refractivity contribution in [3.63, 3.8) is 0 Å². The Bertz CT molecular complexity index is 187. The molecule has 0 aromatic carbocycles. The average molecular weight is 148 g/mol. The zero-order valence-corrected chi connectivity index (χ0v) is 6.61. The van der Waals surface area contributed by atoms with E-state index in [1.807, 2.05) is 0 Å². The summed E-state index contributed by atoms with van der Waals surface area (Å²) in [6, 6.07) is 0. The van der Waals surface area contributed by atoms with Gasteiger partial charge in [0.1, 0.15) is 9.84 Å². The van der Waals surface area contributed by atoms with Crippen molar-refractivity contribution >= 4 is 9.84 Å². The summed E-state index contributed by atoms with van der Waals surface area (Å²) in [6.45, 7) is 2.08. The van der Waals surface area contributed by atoms with E-state index in [1.165, 1.54) is 6.26 Å². The first-order valence-electron chi connectivity index (χ1n) is 3.19. The molecular weight excluding hydrogens is 136 g/mol. The quantitative estimate of drug-likeness (QED) is 0.552. The third kappa shape index (κ3) is 1.45. The van der Waals surface area contributed by atoms with Gasteiger partial charge in [-0.25, -0.2) is 8.42 Å². The molecule has 1 rings (SSSR count). The number of hydrogen-bond acceptors (Lipinski definition) is 2.